The van der Waals surface area contributed by atoms with Crippen LogP contribution in [-0.4, -0.2) is 26.1 Å². The first-order valence-electron chi connectivity index (χ1n) is 5.51. The average Bonchev–Trinajstić information content (AvgIpc) is 2.29. The second-order valence-electron chi connectivity index (χ2n) is 3.50. The molecular weight excluding hydrogens is 284 g/mol. The molecule has 0 aliphatic rings. The summed E-state index contributed by atoms with van der Waals surface area (Å²) in [5, 5.41) is 5.93. The molecule has 0 bridgehead atoms. The Morgan fingerprint density at radius 1 is 1.47 bits per heavy atom. The highest BCUT2D eigenvalue weighted by atomic mass is 79.9. The molecule has 5 heteroatoms. The summed E-state index contributed by atoms with van der Waals surface area (Å²) >= 11 is 3.37. The Hall–Kier alpha value is -1.07. The fraction of sp³-hybridized carbons (Fsp3) is 0.417. The third-order valence-electron chi connectivity index (χ3n) is 2.21. The van der Waals surface area contributed by atoms with Crippen molar-refractivity contribution in [1.29, 1.82) is 0 Å². The first kappa shape index (κ1) is 14.0. The van der Waals surface area contributed by atoms with Crippen molar-refractivity contribution < 1.29 is 9.53 Å². The first-order chi connectivity index (χ1) is 8.17. The molecule has 1 aromatic carbocycles. The van der Waals surface area contributed by atoms with E-state index in [2.05, 4.69) is 26.6 Å². The minimum atomic E-state index is 0.00279. The second-order valence-corrected chi connectivity index (χ2v) is 4.36. The van der Waals surface area contributed by atoms with Gasteiger partial charge in [0.05, 0.1) is 11.6 Å². The predicted octanol–water partition coefficient (Wildman–Crippen LogP) is 2.40. The lowest BCUT2D eigenvalue weighted by molar-refractivity contribution is -0.116. The number of benzene rings is 1. The molecule has 0 radical (unpaired) electrons. The monoisotopic (exact) mass is 300 g/mol. The molecule has 0 heterocycles. The molecule has 0 fully saturated rings. The molecular formula is C12H17BrN2O2. The van der Waals surface area contributed by atoms with Crippen molar-refractivity contribution in [2.24, 2.45) is 0 Å². The van der Waals surface area contributed by atoms with Gasteiger partial charge in [0, 0.05) is 18.7 Å². The summed E-state index contributed by atoms with van der Waals surface area (Å²) in [4.78, 5) is 11.6. The van der Waals surface area contributed by atoms with E-state index in [4.69, 9.17) is 4.74 Å². The zero-order valence-corrected chi connectivity index (χ0v) is 11.6. The zero-order valence-electron chi connectivity index (χ0n) is 10.0. The smallest absolute Gasteiger partial charge is 0.225 e. The summed E-state index contributed by atoms with van der Waals surface area (Å²) in [5.41, 5.74) is 0.763. The van der Waals surface area contributed by atoms with Crippen LogP contribution in [0.15, 0.2) is 22.7 Å². The summed E-state index contributed by atoms with van der Waals surface area (Å²) in [7, 11) is 1.61. The van der Waals surface area contributed by atoms with Crippen LogP contribution in [0.4, 0.5) is 5.69 Å². The van der Waals surface area contributed by atoms with E-state index in [1.807, 2.05) is 25.1 Å². The molecule has 2 N–H and O–H groups in total. The summed E-state index contributed by atoms with van der Waals surface area (Å²) < 4.78 is 5.94. The van der Waals surface area contributed by atoms with Crippen LogP contribution in [0.25, 0.3) is 0 Å². The Morgan fingerprint density at radius 3 is 2.82 bits per heavy atom. The largest absolute Gasteiger partial charge is 0.496 e. The molecule has 17 heavy (non-hydrogen) atoms. The van der Waals surface area contributed by atoms with Gasteiger partial charge < -0.3 is 15.4 Å². The number of hydrogen-bond donors (Lipinski definition) is 2. The number of hydrogen-bond acceptors (Lipinski definition) is 3. The maximum absolute atomic E-state index is 11.6. The molecule has 0 saturated heterocycles. The number of ether oxygens (including phenoxy) is 1. The lowest BCUT2D eigenvalue weighted by Crippen LogP contribution is -2.21. The van der Waals surface area contributed by atoms with Crippen molar-refractivity contribution in [3.63, 3.8) is 0 Å². The highest BCUT2D eigenvalue weighted by Gasteiger charge is 2.04. The Kier molecular flexibility index (Phi) is 6.00. The van der Waals surface area contributed by atoms with Crippen molar-refractivity contribution in [3.8, 4) is 5.75 Å². The van der Waals surface area contributed by atoms with E-state index in [-0.39, 0.29) is 5.91 Å². The molecule has 0 unspecified atom stereocenters. The number of nitrogens with one attached hydrogen (secondary N) is 2. The number of rotatable bonds is 6. The van der Waals surface area contributed by atoms with Crippen LogP contribution in [0.5, 0.6) is 5.75 Å². The van der Waals surface area contributed by atoms with Gasteiger partial charge in [-0.15, -0.1) is 0 Å². The molecule has 0 aliphatic heterocycles. The fourth-order valence-corrected chi connectivity index (χ4v) is 1.89. The van der Waals surface area contributed by atoms with Crippen LogP contribution in [0.2, 0.25) is 0 Å². The van der Waals surface area contributed by atoms with Gasteiger partial charge >= 0.3 is 0 Å². The standard InChI is InChI=1S/C12H17BrN2O2/c1-3-14-7-6-12(16)15-9-4-5-11(17-2)10(13)8-9/h4-5,8,14H,3,6-7H2,1-2H3,(H,15,16). The van der Waals surface area contributed by atoms with E-state index < -0.39 is 0 Å². The van der Waals surface area contributed by atoms with Crippen molar-refractivity contribution in [2.45, 2.75) is 13.3 Å². The summed E-state index contributed by atoms with van der Waals surface area (Å²) in [5.74, 6) is 0.749. The second kappa shape index (κ2) is 7.29. The molecule has 0 spiro atoms. The van der Waals surface area contributed by atoms with Gasteiger partial charge in [0.25, 0.3) is 0 Å². The van der Waals surface area contributed by atoms with Gasteiger partial charge in [-0.05, 0) is 40.7 Å². The van der Waals surface area contributed by atoms with Crippen LogP contribution in [0, 0.1) is 0 Å². The molecule has 1 amide bonds. The SMILES string of the molecule is CCNCCC(=O)Nc1ccc(OC)c(Br)c1. The van der Waals surface area contributed by atoms with Gasteiger partial charge in [0.15, 0.2) is 0 Å². The van der Waals surface area contributed by atoms with E-state index in [9.17, 15) is 4.79 Å². The van der Waals surface area contributed by atoms with E-state index in [1.165, 1.54) is 0 Å². The van der Waals surface area contributed by atoms with Crippen LogP contribution in [0.3, 0.4) is 0 Å². The summed E-state index contributed by atoms with van der Waals surface area (Å²) in [6.07, 6.45) is 0.470. The van der Waals surface area contributed by atoms with Crippen molar-refractivity contribution in [2.75, 3.05) is 25.5 Å². The minimum Gasteiger partial charge on any atom is -0.496 e. The van der Waals surface area contributed by atoms with E-state index in [0.717, 1.165) is 22.5 Å². The molecule has 1 aromatic rings. The fourth-order valence-electron chi connectivity index (χ4n) is 1.35. The number of amides is 1. The van der Waals surface area contributed by atoms with E-state index in [0.29, 0.717) is 13.0 Å². The van der Waals surface area contributed by atoms with Crippen LogP contribution < -0.4 is 15.4 Å². The van der Waals surface area contributed by atoms with Gasteiger partial charge in [0.1, 0.15) is 5.75 Å². The number of methoxy groups -OCH3 is 1. The highest BCUT2D eigenvalue weighted by Crippen LogP contribution is 2.27. The number of halogens is 1. The number of carbonyl (C=O) groups is 1. The Bertz CT molecular complexity index is 383. The molecule has 0 aliphatic carbocycles. The molecule has 4 nitrogen and oxygen atoms in total. The Labute approximate surface area is 110 Å². The highest BCUT2D eigenvalue weighted by molar-refractivity contribution is 9.10. The summed E-state index contributed by atoms with van der Waals surface area (Å²) in [6.45, 7) is 3.58. The molecule has 0 atom stereocenters. The maximum Gasteiger partial charge on any atom is 0.225 e. The molecule has 0 aromatic heterocycles. The Morgan fingerprint density at radius 2 is 2.24 bits per heavy atom. The van der Waals surface area contributed by atoms with Crippen LogP contribution >= 0.6 is 15.9 Å². The van der Waals surface area contributed by atoms with Crippen molar-refractivity contribution >= 4 is 27.5 Å². The number of anilines is 1. The summed E-state index contributed by atoms with van der Waals surface area (Å²) in [6, 6.07) is 5.45. The van der Waals surface area contributed by atoms with Crippen LogP contribution in [-0.2, 0) is 4.79 Å². The minimum absolute atomic E-state index is 0.00279. The average molecular weight is 301 g/mol. The van der Waals surface area contributed by atoms with Crippen molar-refractivity contribution in [1.82, 2.24) is 5.32 Å². The third-order valence-corrected chi connectivity index (χ3v) is 2.83. The van der Waals surface area contributed by atoms with Gasteiger partial charge in [-0.25, -0.2) is 0 Å². The molecule has 94 valence electrons. The van der Waals surface area contributed by atoms with E-state index in [1.54, 1.807) is 7.11 Å². The van der Waals surface area contributed by atoms with Crippen molar-refractivity contribution in [3.05, 3.63) is 22.7 Å². The number of carbonyl (C=O) groups excluding carboxylic acids is 1. The lowest BCUT2D eigenvalue weighted by Gasteiger charge is -2.08. The van der Waals surface area contributed by atoms with Gasteiger partial charge in [-0.2, -0.15) is 0 Å². The van der Waals surface area contributed by atoms with Gasteiger partial charge in [0.2, 0.25) is 5.91 Å². The Balaban J connectivity index is 2.51. The quantitative estimate of drug-likeness (QED) is 0.793. The maximum atomic E-state index is 11.6. The molecule has 1 rings (SSSR count). The van der Waals surface area contributed by atoms with Gasteiger partial charge in [-0.1, -0.05) is 6.92 Å². The third kappa shape index (κ3) is 4.75. The normalized spacial score (nSPS) is 10.1. The predicted molar refractivity (Wildman–Crippen MR) is 72.5 cm³/mol. The lowest BCUT2D eigenvalue weighted by atomic mass is 10.3. The first-order valence-corrected chi connectivity index (χ1v) is 6.30. The van der Waals surface area contributed by atoms with Crippen LogP contribution in [0.1, 0.15) is 13.3 Å². The zero-order chi connectivity index (χ0) is 12.7. The van der Waals surface area contributed by atoms with Gasteiger partial charge in [-0.3, -0.25) is 4.79 Å². The topological polar surface area (TPSA) is 50.4 Å². The molecule has 0 saturated carbocycles. The van der Waals surface area contributed by atoms with E-state index >= 15 is 0 Å².